The Kier molecular flexibility index (Phi) is 7.54. The zero-order chi connectivity index (χ0) is 22.1. The third-order valence-corrected chi connectivity index (χ3v) is 4.47. The molecule has 0 heterocycles. The Morgan fingerprint density at radius 2 is 1.45 bits per heavy atom. The summed E-state index contributed by atoms with van der Waals surface area (Å²) in [4.78, 5) is 38.0. The van der Waals surface area contributed by atoms with Gasteiger partial charge in [-0.3, -0.25) is 14.4 Å². The molecule has 1 atom stereocenters. The lowest BCUT2D eigenvalue weighted by molar-refractivity contribution is -0.146. The van der Waals surface area contributed by atoms with Crippen LogP contribution in [0.3, 0.4) is 0 Å². The number of hydrogen-bond acceptors (Lipinski definition) is 5. The molecule has 0 aromatic heterocycles. The summed E-state index contributed by atoms with van der Waals surface area (Å²) in [6.07, 6.45) is -1.11. The molecule has 0 spiro atoms. The van der Waals surface area contributed by atoms with E-state index in [4.69, 9.17) is 9.47 Å². The van der Waals surface area contributed by atoms with Crippen molar-refractivity contribution in [2.75, 3.05) is 13.2 Å². The molecule has 0 unspecified atom stereocenters. The first kappa shape index (κ1) is 21.8. The fourth-order valence-electron chi connectivity index (χ4n) is 3.01. The second kappa shape index (κ2) is 10.7. The summed E-state index contributed by atoms with van der Waals surface area (Å²) in [5.41, 5.74) is 1.30. The van der Waals surface area contributed by atoms with E-state index in [2.05, 4.69) is 5.32 Å². The number of carbonyl (C=O) groups is 3. The summed E-state index contributed by atoms with van der Waals surface area (Å²) in [6.45, 7) is 1.84. The van der Waals surface area contributed by atoms with Crippen LogP contribution in [0.5, 0.6) is 5.75 Å². The van der Waals surface area contributed by atoms with E-state index >= 15 is 0 Å². The first-order valence-corrected chi connectivity index (χ1v) is 9.94. The third kappa shape index (κ3) is 5.79. The van der Waals surface area contributed by atoms with Crippen LogP contribution in [0.2, 0.25) is 0 Å². The molecule has 6 nitrogen and oxygen atoms in total. The number of ketones is 1. The van der Waals surface area contributed by atoms with E-state index in [-0.39, 0.29) is 12.3 Å². The Morgan fingerprint density at radius 3 is 2.13 bits per heavy atom. The van der Waals surface area contributed by atoms with Crippen LogP contribution in [0.1, 0.15) is 39.3 Å². The maximum atomic E-state index is 13.0. The Bertz CT molecular complexity index is 1030. The molecule has 0 radical (unpaired) electrons. The van der Waals surface area contributed by atoms with E-state index in [1.807, 2.05) is 13.0 Å². The minimum atomic E-state index is -1.11. The van der Waals surface area contributed by atoms with Gasteiger partial charge in [0, 0.05) is 11.1 Å². The number of para-hydroxylation sites is 1. The molecule has 0 aliphatic rings. The quantitative estimate of drug-likeness (QED) is 0.421. The fourth-order valence-corrected chi connectivity index (χ4v) is 3.01. The van der Waals surface area contributed by atoms with Crippen molar-refractivity contribution in [3.05, 3.63) is 102 Å². The lowest BCUT2D eigenvalue weighted by Gasteiger charge is -2.18. The normalized spacial score (nSPS) is 11.3. The maximum absolute atomic E-state index is 13.0. The van der Waals surface area contributed by atoms with Gasteiger partial charge in [-0.2, -0.15) is 0 Å². The van der Waals surface area contributed by atoms with E-state index in [1.165, 1.54) is 0 Å². The van der Waals surface area contributed by atoms with Crippen molar-refractivity contribution < 1.29 is 23.9 Å². The highest BCUT2D eigenvalue weighted by atomic mass is 16.5. The van der Waals surface area contributed by atoms with Crippen molar-refractivity contribution in [1.82, 2.24) is 5.32 Å². The summed E-state index contributed by atoms with van der Waals surface area (Å²) in [5.74, 6) is -1.10. The number of amides is 1. The van der Waals surface area contributed by atoms with Crippen molar-refractivity contribution in [2.45, 2.75) is 13.0 Å². The Morgan fingerprint density at radius 1 is 0.839 bits per heavy atom. The van der Waals surface area contributed by atoms with Crippen LogP contribution in [-0.4, -0.2) is 30.8 Å². The summed E-state index contributed by atoms with van der Waals surface area (Å²) in [7, 11) is 0. The van der Waals surface area contributed by atoms with Crippen LogP contribution in [0, 0.1) is 0 Å². The molecule has 1 amide bonds. The summed E-state index contributed by atoms with van der Waals surface area (Å²) in [6, 6.07) is 24.2. The Labute approximate surface area is 180 Å². The SMILES string of the molecule is CCOc1ccccc1C(=O)NCC(=O)O[C@@H](C(=O)c1ccccc1)c1ccccc1. The minimum Gasteiger partial charge on any atom is -0.493 e. The lowest BCUT2D eigenvalue weighted by Crippen LogP contribution is -2.32. The van der Waals surface area contributed by atoms with Crippen LogP contribution < -0.4 is 10.1 Å². The minimum absolute atomic E-state index is 0.317. The standard InChI is InChI=1S/C25H23NO5/c1-2-30-21-16-10-9-15-20(21)25(29)26-17-22(27)31-24(19-13-7-4-8-14-19)23(28)18-11-5-3-6-12-18/h3-16,24H,2,17H2,1H3,(H,26,29)/t24-/m1/s1. The third-order valence-electron chi connectivity index (χ3n) is 4.47. The fraction of sp³-hybridized carbons (Fsp3) is 0.160. The van der Waals surface area contributed by atoms with E-state index in [1.54, 1.807) is 78.9 Å². The van der Waals surface area contributed by atoms with Crippen LogP contribution in [0.25, 0.3) is 0 Å². The molecule has 3 aromatic carbocycles. The molecule has 0 fully saturated rings. The predicted octanol–water partition coefficient (Wildman–Crippen LogP) is 3.98. The van der Waals surface area contributed by atoms with Gasteiger partial charge in [0.25, 0.3) is 5.91 Å². The van der Waals surface area contributed by atoms with Crippen molar-refractivity contribution in [1.29, 1.82) is 0 Å². The molecule has 0 saturated carbocycles. The molecular formula is C25H23NO5. The van der Waals surface area contributed by atoms with Crippen molar-refractivity contribution in [2.24, 2.45) is 0 Å². The molecular weight excluding hydrogens is 394 g/mol. The van der Waals surface area contributed by atoms with Gasteiger partial charge >= 0.3 is 5.97 Å². The first-order valence-electron chi connectivity index (χ1n) is 9.94. The highest BCUT2D eigenvalue weighted by Crippen LogP contribution is 2.23. The molecule has 0 aliphatic heterocycles. The number of ether oxygens (including phenoxy) is 2. The summed E-state index contributed by atoms with van der Waals surface area (Å²) >= 11 is 0. The Hall–Kier alpha value is -3.93. The van der Waals surface area contributed by atoms with Gasteiger partial charge in [0.15, 0.2) is 6.10 Å². The Balaban J connectivity index is 1.70. The smallest absolute Gasteiger partial charge is 0.326 e. The number of rotatable bonds is 9. The summed E-state index contributed by atoms with van der Waals surface area (Å²) in [5, 5.41) is 2.53. The average molecular weight is 417 g/mol. The lowest BCUT2D eigenvalue weighted by atomic mass is 10.00. The van der Waals surface area contributed by atoms with Crippen molar-refractivity contribution >= 4 is 17.7 Å². The van der Waals surface area contributed by atoms with Gasteiger partial charge in [0.05, 0.1) is 12.2 Å². The molecule has 3 aromatic rings. The van der Waals surface area contributed by atoms with E-state index in [0.717, 1.165) is 0 Å². The van der Waals surface area contributed by atoms with Crippen LogP contribution >= 0.6 is 0 Å². The zero-order valence-electron chi connectivity index (χ0n) is 17.1. The predicted molar refractivity (Wildman–Crippen MR) is 116 cm³/mol. The highest BCUT2D eigenvalue weighted by Gasteiger charge is 2.26. The van der Waals surface area contributed by atoms with Crippen molar-refractivity contribution in [3.8, 4) is 5.75 Å². The van der Waals surface area contributed by atoms with Crippen LogP contribution in [0.15, 0.2) is 84.9 Å². The molecule has 3 rings (SSSR count). The van der Waals surface area contributed by atoms with Crippen molar-refractivity contribution in [3.63, 3.8) is 0 Å². The monoisotopic (exact) mass is 417 g/mol. The number of esters is 1. The largest absolute Gasteiger partial charge is 0.493 e. The van der Waals surface area contributed by atoms with Crippen LogP contribution in [-0.2, 0) is 9.53 Å². The second-order valence-corrected chi connectivity index (χ2v) is 6.62. The number of benzene rings is 3. The molecule has 158 valence electrons. The van der Waals surface area contributed by atoms with Gasteiger partial charge in [0.2, 0.25) is 5.78 Å². The molecule has 0 saturated heterocycles. The average Bonchev–Trinajstić information content (AvgIpc) is 2.82. The molecule has 6 heteroatoms. The summed E-state index contributed by atoms with van der Waals surface area (Å²) < 4.78 is 10.9. The number of Topliss-reactive ketones (excluding diaryl/α,β-unsaturated/α-hetero) is 1. The van der Waals surface area contributed by atoms with Gasteiger partial charge < -0.3 is 14.8 Å². The van der Waals surface area contributed by atoms with Gasteiger partial charge in [-0.15, -0.1) is 0 Å². The number of carbonyl (C=O) groups excluding carboxylic acids is 3. The van der Waals surface area contributed by atoms with Crippen LogP contribution in [0.4, 0.5) is 0 Å². The topological polar surface area (TPSA) is 81.7 Å². The van der Waals surface area contributed by atoms with Gasteiger partial charge in [-0.05, 0) is 19.1 Å². The number of hydrogen-bond donors (Lipinski definition) is 1. The molecule has 0 aliphatic carbocycles. The highest BCUT2D eigenvalue weighted by molar-refractivity contribution is 6.01. The zero-order valence-corrected chi connectivity index (χ0v) is 17.1. The first-order chi connectivity index (χ1) is 15.1. The molecule has 31 heavy (non-hydrogen) atoms. The van der Waals surface area contributed by atoms with E-state index in [9.17, 15) is 14.4 Å². The van der Waals surface area contributed by atoms with Gasteiger partial charge in [-0.1, -0.05) is 72.8 Å². The number of nitrogens with one attached hydrogen (secondary N) is 1. The van der Waals surface area contributed by atoms with Gasteiger partial charge in [0.1, 0.15) is 12.3 Å². The molecule has 0 bridgehead atoms. The second-order valence-electron chi connectivity index (χ2n) is 6.62. The molecule has 1 N–H and O–H groups in total. The maximum Gasteiger partial charge on any atom is 0.326 e. The van der Waals surface area contributed by atoms with Gasteiger partial charge in [-0.25, -0.2) is 0 Å². The van der Waals surface area contributed by atoms with E-state index in [0.29, 0.717) is 29.0 Å². The van der Waals surface area contributed by atoms with E-state index < -0.39 is 18.0 Å².